The fourth-order valence-corrected chi connectivity index (χ4v) is 1.92. The summed E-state index contributed by atoms with van der Waals surface area (Å²) in [5, 5.41) is 14.2. The van der Waals surface area contributed by atoms with Crippen LogP contribution in [0.4, 0.5) is 11.5 Å². The Hall–Kier alpha value is -2.77. The van der Waals surface area contributed by atoms with Gasteiger partial charge in [-0.25, -0.2) is 4.98 Å². The first kappa shape index (κ1) is 15.6. The van der Waals surface area contributed by atoms with Gasteiger partial charge in [-0.3, -0.25) is 15.1 Å². The van der Waals surface area contributed by atoms with Crippen LogP contribution in [0.2, 0.25) is 0 Å². The molecule has 0 aromatic carbocycles. The third kappa shape index (κ3) is 3.66. The molecule has 2 aromatic rings. The van der Waals surface area contributed by atoms with Crippen molar-refractivity contribution in [2.45, 2.75) is 26.3 Å². The molecule has 0 aliphatic rings. The first-order valence-corrected chi connectivity index (χ1v) is 6.88. The van der Waals surface area contributed by atoms with Gasteiger partial charge in [0, 0.05) is 12.6 Å². The lowest BCUT2D eigenvalue weighted by atomic mass is 10.3. The first-order chi connectivity index (χ1) is 10.7. The van der Waals surface area contributed by atoms with Gasteiger partial charge < -0.3 is 10.1 Å². The van der Waals surface area contributed by atoms with Crippen LogP contribution in [-0.2, 0) is 13.0 Å². The zero-order chi connectivity index (χ0) is 15.9. The SMILES string of the molecule is CCCc1nc(NCc2ccccn2)c([N+](=O)[O-])c(OC)n1. The van der Waals surface area contributed by atoms with Crippen molar-refractivity contribution in [3.8, 4) is 5.88 Å². The minimum absolute atomic E-state index is 0.0352. The molecule has 2 aromatic heterocycles. The molecule has 0 amide bonds. The number of hydrogen-bond acceptors (Lipinski definition) is 7. The summed E-state index contributed by atoms with van der Waals surface area (Å²) in [6, 6.07) is 5.48. The number of anilines is 1. The van der Waals surface area contributed by atoms with E-state index in [9.17, 15) is 10.1 Å². The molecule has 1 N–H and O–H groups in total. The number of pyridine rings is 1. The van der Waals surface area contributed by atoms with E-state index in [2.05, 4.69) is 20.3 Å². The summed E-state index contributed by atoms with van der Waals surface area (Å²) in [4.78, 5) is 23.2. The van der Waals surface area contributed by atoms with E-state index in [0.717, 1.165) is 12.1 Å². The Kier molecular flexibility index (Phi) is 5.18. The van der Waals surface area contributed by atoms with Crippen LogP contribution >= 0.6 is 0 Å². The van der Waals surface area contributed by atoms with Gasteiger partial charge in [0.05, 0.1) is 24.3 Å². The van der Waals surface area contributed by atoms with Crippen molar-refractivity contribution in [3.05, 3.63) is 46.0 Å². The van der Waals surface area contributed by atoms with E-state index >= 15 is 0 Å². The second-order valence-corrected chi connectivity index (χ2v) is 4.53. The number of nitro groups is 1. The molecular formula is C14H17N5O3. The molecular weight excluding hydrogens is 286 g/mol. The Bertz CT molecular complexity index is 648. The number of ether oxygens (including phenoxy) is 1. The fourth-order valence-electron chi connectivity index (χ4n) is 1.92. The van der Waals surface area contributed by atoms with Crippen LogP contribution in [0.3, 0.4) is 0 Å². The van der Waals surface area contributed by atoms with Crippen molar-refractivity contribution in [2.75, 3.05) is 12.4 Å². The van der Waals surface area contributed by atoms with Crippen molar-refractivity contribution in [1.82, 2.24) is 15.0 Å². The van der Waals surface area contributed by atoms with Crippen molar-refractivity contribution in [1.29, 1.82) is 0 Å². The Morgan fingerprint density at radius 2 is 2.18 bits per heavy atom. The third-order valence-electron chi connectivity index (χ3n) is 2.91. The molecule has 8 nitrogen and oxygen atoms in total. The van der Waals surface area contributed by atoms with Gasteiger partial charge in [-0.1, -0.05) is 13.0 Å². The average Bonchev–Trinajstić information content (AvgIpc) is 2.53. The Balaban J connectivity index is 2.33. The molecule has 0 spiro atoms. The molecule has 2 rings (SSSR count). The van der Waals surface area contributed by atoms with E-state index in [1.54, 1.807) is 12.3 Å². The second kappa shape index (κ2) is 7.30. The van der Waals surface area contributed by atoms with E-state index in [0.29, 0.717) is 18.8 Å². The number of methoxy groups -OCH3 is 1. The Morgan fingerprint density at radius 1 is 1.36 bits per heavy atom. The van der Waals surface area contributed by atoms with Gasteiger partial charge in [0.15, 0.2) is 0 Å². The van der Waals surface area contributed by atoms with Gasteiger partial charge in [-0.2, -0.15) is 4.98 Å². The van der Waals surface area contributed by atoms with E-state index in [1.165, 1.54) is 7.11 Å². The first-order valence-electron chi connectivity index (χ1n) is 6.88. The topological polar surface area (TPSA) is 103 Å². The van der Waals surface area contributed by atoms with Crippen LogP contribution in [0.1, 0.15) is 24.9 Å². The van der Waals surface area contributed by atoms with Gasteiger partial charge in [0.1, 0.15) is 5.82 Å². The summed E-state index contributed by atoms with van der Waals surface area (Å²) in [7, 11) is 1.35. The highest BCUT2D eigenvalue weighted by atomic mass is 16.6. The van der Waals surface area contributed by atoms with Crippen LogP contribution < -0.4 is 10.1 Å². The van der Waals surface area contributed by atoms with Crippen LogP contribution in [0.15, 0.2) is 24.4 Å². The van der Waals surface area contributed by atoms with E-state index in [-0.39, 0.29) is 17.4 Å². The van der Waals surface area contributed by atoms with E-state index < -0.39 is 4.92 Å². The number of nitrogens with zero attached hydrogens (tertiary/aromatic N) is 4. The third-order valence-corrected chi connectivity index (χ3v) is 2.91. The van der Waals surface area contributed by atoms with E-state index in [4.69, 9.17) is 4.74 Å². The van der Waals surface area contributed by atoms with Crippen LogP contribution in [0.5, 0.6) is 5.88 Å². The molecule has 2 heterocycles. The number of rotatable bonds is 7. The smallest absolute Gasteiger partial charge is 0.372 e. The zero-order valence-electron chi connectivity index (χ0n) is 12.4. The van der Waals surface area contributed by atoms with Crippen molar-refractivity contribution < 1.29 is 9.66 Å². The van der Waals surface area contributed by atoms with Crippen molar-refractivity contribution in [3.63, 3.8) is 0 Å². The second-order valence-electron chi connectivity index (χ2n) is 4.53. The maximum atomic E-state index is 11.3. The van der Waals surface area contributed by atoms with Gasteiger partial charge in [-0.05, 0) is 18.6 Å². The monoisotopic (exact) mass is 303 g/mol. The van der Waals surface area contributed by atoms with Crippen molar-refractivity contribution >= 4 is 11.5 Å². The maximum absolute atomic E-state index is 11.3. The predicted molar refractivity (Wildman–Crippen MR) is 80.8 cm³/mol. The van der Waals surface area contributed by atoms with Crippen LogP contribution in [0, 0.1) is 10.1 Å². The molecule has 0 saturated heterocycles. The Morgan fingerprint density at radius 3 is 2.77 bits per heavy atom. The molecule has 0 bridgehead atoms. The summed E-state index contributed by atoms with van der Waals surface area (Å²) in [5.74, 6) is 0.617. The predicted octanol–water partition coefficient (Wildman–Crippen LogP) is 2.35. The normalized spacial score (nSPS) is 10.3. The lowest BCUT2D eigenvalue weighted by Crippen LogP contribution is -2.10. The van der Waals surface area contributed by atoms with Gasteiger partial charge in [-0.15, -0.1) is 0 Å². The fraction of sp³-hybridized carbons (Fsp3) is 0.357. The summed E-state index contributed by atoms with van der Waals surface area (Å²) >= 11 is 0. The van der Waals surface area contributed by atoms with E-state index in [1.807, 2.05) is 19.1 Å². The van der Waals surface area contributed by atoms with Crippen LogP contribution in [-0.4, -0.2) is 27.0 Å². The molecule has 0 saturated carbocycles. The van der Waals surface area contributed by atoms with Gasteiger partial charge in [0.25, 0.3) is 5.88 Å². The minimum atomic E-state index is -0.546. The number of hydrogen-bond donors (Lipinski definition) is 1. The van der Waals surface area contributed by atoms with Gasteiger partial charge in [0.2, 0.25) is 5.82 Å². The molecule has 116 valence electrons. The summed E-state index contributed by atoms with van der Waals surface area (Å²) in [5.41, 5.74) is 0.490. The Labute approximate surface area is 127 Å². The van der Waals surface area contributed by atoms with Crippen LogP contribution in [0.25, 0.3) is 0 Å². The summed E-state index contributed by atoms with van der Waals surface area (Å²) < 4.78 is 5.04. The zero-order valence-corrected chi connectivity index (χ0v) is 12.4. The van der Waals surface area contributed by atoms with Gasteiger partial charge >= 0.3 is 5.69 Å². The quantitative estimate of drug-likeness (QED) is 0.618. The molecule has 0 unspecified atom stereocenters. The summed E-state index contributed by atoms with van der Waals surface area (Å²) in [6.45, 7) is 2.31. The number of aryl methyl sites for hydroxylation is 1. The molecule has 0 radical (unpaired) electrons. The maximum Gasteiger partial charge on any atom is 0.372 e. The largest absolute Gasteiger partial charge is 0.476 e. The number of aromatic nitrogens is 3. The standard InChI is InChI=1S/C14H17N5O3/c1-3-6-11-17-13(12(19(20)21)14(18-11)22-2)16-9-10-7-4-5-8-15-10/h4-5,7-8H,3,6,9H2,1-2H3,(H,16,17,18). The molecule has 0 fully saturated rings. The molecule has 0 atom stereocenters. The lowest BCUT2D eigenvalue weighted by molar-refractivity contribution is -0.385. The highest BCUT2D eigenvalue weighted by molar-refractivity contribution is 5.61. The molecule has 8 heteroatoms. The average molecular weight is 303 g/mol. The highest BCUT2D eigenvalue weighted by Crippen LogP contribution is 2.32. The molecule has 0 aliphatic carbocycles. The lowest BCUT2D eigenvalue weighted by Gasteiger charge is -2.10. The summed E-state index contributed by atoms with van der Waals surface area (Å²) in [6.07, 6.45) is 3.11. The van der Waals surface area contributed by atoms with Crippen molar-refractivity contribution in [2.24, 2.45) is 0 Å². The molecule has 22 heavy (non-hydrogen) atoms. The number of nitrogens with one attached hydrogen (secondary N) is 1. The minimum Gasteiger partial charge on any atom is -0.476 e. The molecule has 0 aliphatic heterocycles. The highest BCUT2D eigenvalue weighted by Gasteiger charge is 2.25.